The van der Waals surface area contributed by atoms with E-state index in [2.05, 4.69) is 0 Å². The van der Waals surface area contributed by atoms with Crippen molar-refractivity contribution in [1.82, 2.24) is 0 Å². The lowest BCUT2D eigenvalue weighted by atomic mass is 10.1. The summed E-state index contributed by atoms with van der Waals surface area (Å²) < 4.78 is 10.9. The van der Waals surface area contributed by atoms with E-state index in [0.717, 1.165) is 12.6 Å². The van der Waals surface area contributed by atoms with Gasteiger partial charge in [-0.1, -0.05) is 0 Å². The molecule has 1 rings (SSSR count). The monoisotopic (exact) mass is 186 g/mol. The quantitative estimate of drug-likeness (QED) is 0.606. The highest BCUT2D eigenvalue weighted by Gasteiger charge is 2.40. The third-order valence-corrected chi connectivity index (χ3v) is 1.94. The Bertz CT molecular complexity index is 180. The molecule has 0 unspecified atom stereocenters. The molecule has 0 bridgehead atoms. The molecule has 13 heavy (non-hydrogen) atoms. The summed E-state index contributed by atoms with van der Waals surface area (Å²) in [5.41, 5.74) is 0. The van der Waals surface area contributed by atoms with E-state index in [0.29, 0.717) is 0 Å². The van der Waals surface area contributed by atoms with Crippen LogP contribution in [0, 0.1) is 0 Å². The number of carbonyl (C=O) groups is 2. The molecule has 0 saturated carbocycles. The summed E-state index contributed by atoms with van der Waals surface area (Å²) in [7, 11) is 0. The number of hydrogen-bond acceptors (Lipinski definition) is 4. The summed E-state index contributed by atoms with van der Waals surface area (Å²) in [4.78, 5) is 20.6. The first-order valence-electron chi connectivity index (χ1n) is 4.32. The van der Waals surface area contributed by atoms with Crippen molar-refractivity contribution in [3.63, 3.8) is 0 Å². The van der Waals surface area contributed by atoms with E-state index < -0.39 is 5.79 Å². The molecule has 0 aromatic carbocycles. The predicted molar refractivity (Wildman–Crippen MR) is 45.2 cm³/mol. The molecule has 0 aromatic heterocycles. The Labute approximate surface area is 77.2 Å². The van der Waals surface area contributed by atoms with Crippen molar-refractivity contribution < 1.29 is 19.1 Å². The van der Waals surface area contributed by atoms with Crippen LogP contribution >= 0.6 is 0 Å². The summed E-state index contributed by atoms with van der Waals surface area (Å²) in [6.45, 7) is 3.55. The lowest BCUT2D eigenvalue weighted by molar-refractivity contribution is -0.147. The molecule has 0 radical (unpaired) electrons. The van der Waals surface area contributed by atoms with Crippen molar-refractivity contribution in [2.75, 3.05) is 0 Å². The maximum absolute atomic E-state index is 10.3. The fraction of sp³-hybridized carbons (Fsp3) is 0.778. The highest BCUT2D eigenvalue weighted by molar-refractivity contribution is 5.53. The van der Waals surface area contributed by atoms with Gasteiger partial charge in [-0.05, 0) is 13.8 Å². The van der Waals surface area contributed by atoms with Crippen molar-refractivity contribution >= 4 is 12.6 Å². The van der Waals surface area contributed by atoms with Gasteiger partial charge >= 0.3 is 0 Å². The number of rotatable bonds is 4. The van der Waals surface area contributed by atoms with E-state index in [1.807, 2.05) is 0 Å². The van der Waals surface area contributed by atoms with Gasteiger partial charge < -0.3 is 19.1 Å². The Hall–Kier alpha value is -0.740. The van der Waals surface area contributed by atoms with Crippen LogP contribution in [0.1, 0.15) is 26.7 Å². The van der Waals surface area contributed by atoms with Gasteiger partial charge in [0.15, 0.2) is 5.79 Å². The number of hydrogen-bond donors (Lipinski definition) is 0. The number of carbonyl (C=O) groups excluding carboxylic acids is 2. The maximum Gasteiger partial charge on any atom is 0.163 e. The van der Waals surface area contributed by atoms with Crippen LogP contribution in [0.4, 0.5) is 0 Å². The van der Waals surface area contributed by atoms with Crippen LogP contribution in [0.15, 0.2) is 0 Å². The van der Waals surface area contributed by atoms with Crippen LogP contribution in [0.5, 0.6) is 0 Å². The minimum absolute atomic E-state index is 0.280. The van der Waals surface area contributed by atoms with E-state index in [1.54, 1.807) is 13.8 Å². The van der Waals surface area contributed by atoms with Crippen LogP contribution in [0.2, 0.25) is 0 Å². The van der Waals surface area contributed by atoms with Crippen molar-refractivity contribution in [2.45, 2.75) is 44.7 Å². The first-order valence-corrected chi connectivity index (χ1v) is 4.32. The van der Waals surface area contributed by atoms with Gasteiger partial charge in [0.25, 0.3) is 0 Å². The fourth-order valence-corrected chi connectivity index (χ4v) is 1.50. The molecule has 0 aromatic rings. The highest BCUT2D eigenvalue weighted by atomic mass is 16.7. The first-order chi connectivity index (χ1) is 6.09. The maximum atomic E-state index is 10.3. The second-order valence-corrected chi connectivity index (χ2v) is 3.52. The smallest absolute Gasteiger partial charge is 0.163 e. The third-order valence-electron chi connectivity index (χ3n) is 1.94. The lowest BCUT2D eigenvalue weighted by Crippen LogP contribution is -2.23. The molecule has 1 heterocycles. The minimum Gasteiger partial charge on any atom is -0.344 e. The van der Waals surface area contributed by atoms with Gasteiger partial charge in [0.1, 0.15) is 12.6 Å². The fourth-order valence-electron chi connectivity index (χ4n) is 1.50. The number of ether oxygens (including phenoxy) is 2. The number of aldehydes is 2. The van der Waals surface area contributed by atoms with Crippen LogP contribution in [0.3, 0.4) is 0 Å². The van der Waals surface area contributed by atoms with Crippen LogP contribution in [-0.2, 0) is 19.1 Å². The third kappa shape index (κ3) is 2.60. The Balaban J connectivity index is 2.59. The average molecular weight is 186 g/mol. The Kier molecular flexibility index (Phi) is 3.17. The molecule has 1 aliphatic rings. The van der Waals surface area contributed by atoms with Gasteiger partial charge in [-0.2, -0.15) is 0 Å². The Morgan fingerprint density at radius 1 is 1.08 bits per heavy atom. The van der Waals surface area contributed by atoms with Crippen LogP contribution in [-0.4, -0.2) is 30.6 Å². The zero-order valence-corrected chi connectivity index (χ0v) is 7.86. The van der Waals surface area contributed by atoms with E-state index in [1.165, 1.54) is 0 Å². The summed E-state index contributed by atoms with van der Waals surface area (Å²) in [5.74, 6) is -0.679. The van der Waals surface area contributed by atoms with Gasteiger partial charge in [-0.15, -0.1) is 0 Å². The zero-order valence-electron chi connectivity index (χ0n) is 7.86. The van der Waals surface area contributed by atoms with E-state index in [9.17, 15) is 9.59 Å². The average Bonchev–Trinajstić information content (AvgIpc) is 2.28. The molecule has 4 heteroatoms. The molecule has 0 aliphatic carbocycles. The second kappa shape index (κ2) is 3.98. The van der Waals surface area contributed by atoms with Crippen molar-refractivity contribution in [2.24, 2.45) is 0 Å². The van der Waals surface area contributed by atoms with Crippen LogP contribution in [0.25, 0.3) is 0 Å². The molecule has 2 atom stereocenters. The summed E-state index contributed by atoms with van der Waals surface area (Å²) in [6.07, 6.45) is 1.57. The second-order valence-electron chi connectivity index (χ2n) is 3.52. The summed E-state index contributed by atoms with van der Waals surface area (Å²) >= 11 is 0. The van der Waals surface area contributed by atoms with Gasteiger partial charge in [-0.25, -0.2) is 0 Å². The van der Waals surface area contributed by atoms with Crippen LogP contribution < -0.4 is 0 Å². The largest absolute Gasteiger partial charge is 0.344 e. The highest BCUT2D eigenvalue weighted by Crippen LogP contribution is 2.30. The summed E-state index contributed by atoms with van der Waals surface area (Å²) in [6, 6.07) is 0. The van der Waals surface area contributed by atoms with Gasteiger partial charge in [0.2, 0.25) is 0 Å². The van der Waals surface area contributed by atoms with Crippen molar-refractivity contribution in [3.8, 4) is 0 Å². The standard InChI is InChI=1S/C9H14O4/c1-9(2)12-7(3-5-10)8(13-9)4-6-11/h5-8H,3-4H2,1-2H3/t7-,8+. The zero-order chi connectivity index (χ0) is 9.90. The van der Waals surface area contributed by atoms with Crippen molar-refractivity contribution in [1.29, 1.82) is 0 Å². The Morgan fingerprint density at radius 3 is 1.77 bits per heavy atom. The molecular weight excluding hydrogens is 172 g/mol. The lowest BCUT2D eigenvalue weighted by Gasteiger charge is -2.16. The SMILES string of the molecule is CC1(C)O[C@@H](CC=O)[C@@H](CC=O)O1. The molecule has 1 aliphatic heterocycles. The van der Waals surface area contributed by atoms with Gasteiger partial charge in [-0.3, -0.25) is 0 Å². The molecule has 4 nitrogen and oxygen atoms in total. The molecule has 74 valence electrons. The summed E-state index contributed by atoms with van der Waals surface area (Å²) in [5, 5.41) is 0. The van der Waals surface area contributed by atoms with E-state index >= 15 is 0 Å². The van der Waals surface area contributed by atoms with Gasteiger partial charge in [0.05, 0.1) is 12.2 Å². The first kappa shape index (κ1) is 10.3. The van der Waals surface area contributed by atoms with E-state index in [4.69, 9.17) is 9.47 Å². The van der Waals surface area contributed by atoms with Gasteiger partial charge in [0, 0.05) is 12.8 Å². The van der Waals surface area contributed by atoms with Crippen molar-refractivity contribution in [3.05, 3.63) is 0 Å². The predicted octanol–water partition coefficient (Wildman–Crippen LogP) is 0.684. The molecule has 1 saturated heterocycles. The molecule has 0 amide bonds. The normalized spacial score (nSPS) is 31.5. The minimum atomic E-state index is -0.679. The topological polar surface area (TPSA) is 52.6 Å². The molecule has 1 fully saturated rings. The van der Waals surface area contributed by atoms with E-state index in [-0.39, 0.29) is 25.0 Å². The Morgan fingerprint density at radius 2 is 1.46 bits per heavy atom. The molecule has 0 spiro atoms. The molecular formula is C9H14O4. The molecule has 0 N–H and O–H groups in total.